The van der Waals surface area contributed by atoms with E-state index in [1.54, 1.807) is 0 Å². The predicted octanol–water partition coefficient (Wildman–Crippen LogP) is 13.2. The van der Waals surface area contributed by atoms with Crippen LogP contribution in [0.2, 0.25) is 0 Å². The van der Waals surface area contributed by atoms with Crippen LogP contribution < -0.4 is 21.3 Å². The molecule has 1 unspecified atom stereocenters. The number of carbonyl (C=O) groups excluding carboxylic acids is 4. The second kappa shape index (κ2) is 29.0. The Balaban J connectivity index is 0.000000113. The minimum absolute atomic E-state index is 0.111. The predicted molar refractivity (Wildman–Crippen MR) is 356 cm³/mol. The number of ether oxygens (including phenoxy) is 5. The van der Waals surface area contributed by atoms with Crippen molar-refractivity contribution in [2.24, 2.45) is 11.1 Å². The summed E-state index contributed by atoms with van der Waals surface area (Å²) in [4.78, 5) is 63.2. The molecule has 0 radical (unpaired) electrons. The van der Waals surface area contributed by atoms with Gasteiger partial charge in [0.15, 0.2) is 0 Å². The van der Waals surface area contributed by atoms with E-state index in [4.69, 9.17) is 28.5 Å². The summed E-state index contributed by atoms with van der Waals surface area (Å²) in [6.07, 6.45) is 21.8. The number of benzene rings is 4. The highest BCUT2D eigenvalue weighted by atomic mass is 16.6. The van der Waals surface area contributed by atoms with Gasteiger partial charge in [0, 0.05) is 157 Å². The Morgan fingerprint density at radius 1 is 0.462 bits per heavy atom. The largest absolute Gasteiger partial charge is 0.438 e. The second-order valence-electron chi connectivity index (χ2n) is 27.9. The Morgan fingerprint density at radius 3 is 1.18 bits per heavy atom. The van der Waals surface area contributed by atoms with E-state index in [2.05, 4.69) is 70.3 Å². The zero-order chi connectivity index (χ0) is 63.8. The zero-order valence-corrected chi connectivity index (χ0v) is 54.4. The highest BCUT2D eigenvalue weighted by Gasteiger charge is 2.49. The number of oxime groups is 1. The molecular formula is C73H97N9O11. The number of hydrogen-bond acceptors (Lipinski definition) is 16. The molecule has 12 aliphatic rings. The van der Waals surface area contributed by atoms with Crippen molar-refractivity contribution >= 4 is 52.8 Å². The van der Waals surface area contributed by atoms with Crippen LogP contribution in [0.15, 0.2) is 102 Å². The number of nitrogens with one attached hydrogen (secondary N) is 4. The molecule has 4 spiro atoms. The Morgan fingerprint density at radius 2 is 0.817 bits per heavy atom. The quantitative estimate of drug-likeness (QED) is 0.0859. The molecule has 9 heterocycles. The molecule has 0 aromatic heterocycles. The van der Waals surface area contributed by atoms with E-state index in [-0.39, 0.29) is 30.5 Å². The molecule has 4 amide bonds. The molecule has 20 heteroatoms. The molecule has 20 nitrogen and oxygen atoms in total. The number of rotatable bonds is 7. The first kappa shape index (κ1) is 64.9. The van der Waals surface area contributed by atoms with Crippen LogP contribution in [0.5, 0.6) is 0 Å². The number of hydrogen-bond donors (Lipinski definition) is 5. The van der Waals surface area contributed by atoms with Gasteiger partial charge in [0.25, 0.3) is 0 Å². The molecule has 5 N–H and O–H groups in total. The van der Waals surface area contributed by atoms with E-state index in [1.165, 1.54) is 44.2 Å². The summed E-state index contributed by atoms with van der Waals surface area (Å²) in [5, 5.41) is 25.2. The van der Waals surface area contributed by atoms with Gasteiger partial charge >= 0.3 is 24.4 Å². The summed E-state index contributed by atoms with van der Waals surface area (Å²) < 4.78 is 28.6. The third-order valence-electron chi connectivity index (χ3n) is 22.4. The summed E-state index contributed by atoms with van der Waals surface area (Å²) in [5.74, 6) is 0.664. The number of para-hydroxylation sites is 4. The molecule has 4 aromatic carbocycles. The van der Waals surface area contributed by atoms with Crippen molar-refractivity contribution < 1.29 is 52.8 Å². The smallest absolute Gasteiger partial charge is 0.412 e. The topological polar surface area (TPSA) is 217 Å². The highest BCUT2D eigenvalue weighted by Crippen LogP contribution is 2.48. The number of likely N-dealkylation sites (tertiary alicyclic amines) is 4. The fourth-order valence-corrected chi connectivity index (χ4v) is 17.3. The maximum Gasteiger partial charge on any atom is 0.412 e. The van der Waals surface area contributed by atoms with Gasteiger partial charge in [0.1, 0.15) is 29.0 Å². The molecule has 9 aliphatic heterocycles. The van der Waals surface area contributed by atoms with Gasteiger partial charge in [-0.3, -0.25) is 21.3 Å². The molecule has 16 rings (SSSR count). The molecule has 1 atom stereocenters. The van der Waals surface area contributed by atoms with E-state index < -0.39 is 22.4 Å². The van der Waals surface area contributed by atoms with Gasteiger partial charge in [-0.25, -0.2) is 19.2 Å². The van der Waals surface area contributed by atoms with Crippen LogP contribution in [0.3, 0.4) is 0 Å². The van der Waals surface area contributed by atoms with E-state index in [0.29, 0.717) is 24.6 Å². The Hall–Kier alpha value is -6.81. The van der Waals surface area contributed by atoms with Crippen LogP contribution in [0.1, 0.15) is 170 Å². The van der Waals surface area contributed by atoms with Crippen LogP contribution >= 0.6 is 0 Å². The zero-order valence-electron chi connectivity index (χ0n) is 54.4. The number of carbonyl (C=O) groups is 4. The normalized spacial score (nSPS) is 27.0. The summed E-state index contributed by atoms with van der Waals surface area (Å²) in [5.41, 5.74) is 7.51. The Bertz CT molecular complexity index is 3250. The Kier molecular flexibility index (Phi) is 20.3. The van der Waals surface area contributed by atoms with Crippen LogP contribution in [-0.2, 0) is 50.9 Å². The van der Waals surface area contributed by atoms with Crippen molar-refractivity contribution in [2.45, 2.75) is 195 Å². The molecular weight excluding hydrogens is 1180 g/mol. The average Bonchev–Trinajstić information content (AvgIpc) is 1.09. The van der Waals surface area contributed by atoms with Crippen molar-refractivity contribution in [1.29, 1.82) is 0 Å². The van der Waals surface area contributed by atoms with E-state index in [0.717, 1.165) is 226 Å². The molecule has 500 valence electrons. The van der Waals surface area contributed by atoms with Crippen molar-refractivity contribution in [3.8, 4) is 0 Å². The van der Waals surface area contributed by atoms with Gasteiger partial charge in [0.2, 0.25) is 0 Å². The highest BCUT2D eigenvalue weighted by molar-refractivity contribution is 5.91. The van der Waals surface area contributed by atoms with Gasteiger partial charge in [-0.1, -0.05) is 97.2 Å². The van der Waals surface area contributed by atoms with Gasteiger partial charge in [0.05, 0.1) is 41.2 Å². The van der Waals surface area contributed by atoms with Gasteiger partial charge in [-0.2, -0.15) is 0 Å². The maximum absolute atomic E-state index is 12.0. The summed E-state index contributed by atoms with van der Waals surface area (Å²) >= 11 is 0. The molecule has 93 heavy (non-hydrogen) atoms. The van der Waals surface area contributed by atoms with Gasteiger partial charge in [-0.05, 0) is 108 Å². The minimum Gasteiger partial charge on any atom is -0.438 e. The molecule has 4 aromatic rings. The number of anilines is 4. The van der Waals surface area contributed by atoms with Crippen LogP contribution in [0.25, 0.3) is 0 Å². The molecule has 3 saturated carbocycles. The summed E-state index contributed by atoms with van der Waals surface area (Å²) in [6.45, 7) is 13.3. The van der Waals surface area contributed by atoms with Crippen LogP contribution in [0, 0.1) is 5.92 Å². The first-order valence-electron chi connectivity index (χ1n) is 35.1. The standard InChI is InChI=1S/C20H27N3O3.C18H24N2O3.C18H24N2O2.C17H22N2O3/c1-2-25-22-15-7-9-16(10-8-15)23-13-11-20(12-14-23)17-5-3-4-6-18(17)21-19(24)26-20;21-14-7-5-13(6-8-14)20-11-9-18(10-12-20)15-3-1-2-4-16(15)19-17(22)23-18;21-17-19-16-9-5-4-8-15(16)18(22-17)10-12-20(13-11-18)14-6-2-1-3-7-14;20-16-18-15-4-2-1-3-14(15)17(22-16)6-8-19(9-7-17)11-13-5-10-21-12-13/h3-6,16H,2,7-14H2,1H3,(H,21,24);1-4,13-14,21H,5-12H2,(H,19,22);4-5,8-9,14H,1-3,6-7,10-13H2,(H,19,21);1-4,13H,5-12H2,(H,18,20). The third-order valence-corrected chi connectivity index (χ3v) is 22.4. The van der Waals surface area contributed by atoms with Crippen molar-refractivity contribution in [1.82, 2.24) is 19.6 Å². The van der Waals surface area contributed by atoms with Gasteiger partial charge < -0.3 is 53.2 Å². The number of aliphatic hydroxyl groups is 1. The first-order valence-corrected chi connectivity index (χ1v) is 35.1. The van der Waals surface area contributed by atoms with Crippen molar-refractivity contribution in [3.05, 3.63) is 119 Å². The number of amides is 4. The molecule has 5 saturated heterocycles. The fourth-order valence-electron chi connectivity index (χ4n) is 17.3. The number of piperidine rings is 4. The summed E-state index contributed by atoms with van der Waals surface area (Å²) in [7, 11) is 0. The lowest BCUT2D eigenvalue weighted by molar-refractivity contribution is -0.0520. The van der Waals surface area contributed by atoms with Crippen molar-refractivity contribution in [2.75, 3.05) is 100.0 Å². The van der Waals surface area contributed by atoms with E-state index in [9.17, 15) is 24.3 Å². The van der Waals surface area contributed by atoms with E-state index >= 15 is 0 Å². The number of fused-ring (bicyclic) bond motifs is 8. The van der Waals surface area contributed by atoms with E-state index in [1.807, 2.05) is 79.7 Å². The average molecular weight is 1280 g/mol. The lowest BCUT2D eigenvalue weighted by atomic mass is 9.81. The van der Waals surface area contributed by atoms with Crippen LogP contribution in [0.4, 0.5) is 41.9 Å². The summed E-state index contributed by atoms with van der Waals surface area (Å²) in [6, 6.07) is 34.0. The third kappa shape index (κ3) is 14.7. The number of nitrogens with zero attached hydrogens (tertiary/aromatic N) is 5. The molecule has 8 fully saturated rings. The number of aliphatic hydroxyl groups excluding tert-OH is 1. The minimum atomic E-state index is -0.469. The second-order valence-corrected chi connectivity index (χ2v) is 27.9. The lowest BCUT2D eigenvalue weighted by Gasteiger charge is -2.47. The van der Waals surface area contributed by atoms with Crippen molar-refractivity contribution in [3.63, 3.8) is 0 Å². The molecule has 0 bridgehead atoms. The maximum atomic E-state index is 12.0. The lowest BCUT2D eigenvalue weighted by Crippen LogP contribution is -2.51. The molecule has 3 aliphatic carbocycles. The van der Waals surface area contributed by atoms with Crippen LogP contribution in [-0.4, -0.2) is 158 Å². The fraction of sp³-hybridized carbons (Fsp3) is 0.603. The monoisotopic (exact) mass is 1280 g/mol. The first-order chi connectivity index (χ1) is 45.4. The van der Waals surface area contributed by atoms with Gasteiger partial charge in [-0.15, -0.1) is 0 Å². The SMILES string of the molecule is CCON=C1CCC(N2CCC3(CC2)OC(=O)Nc2ccccc23)CC1.O=C1Nc2ccccc2C2(CCN(C3CCC(O)CC3)CC2)O1.O=C1Nc2ccccc2C2(CCN(C3CCCCC3)CC2)O1.O=C1Nc2ccccc2C2(CCN(CC3CCOC3)CC2)O1. The Labute approximate surface area is 548 Å².